The van der Waals surface area contributed by atoms with Crippen LogP contribution in [0.4, 0.5) is 5.82 Å². The standard InChI is InChI=1S/C15H25N4O7P/c1-9(2)25-14(20)13(17)10(3)26-27(22)8-23-11(7-24-27)6-19-5-4-12(16)18-15(19)21/h4-5,9-11,13H,6-8,17H2,1-3H3,(H2,16,18,21)/t10-,11+,13+,27?/m1/s1. The van der Waals surface area contributed by atoms with E-state index in [-0.39, 0.29) is 31.4 Å². The molecule has 11 nitrogen and oxygen atoms in total. The van der Waals surface area contributed by atoms with Gasteiger partial charge >= 0.3 is 19.3 Å². The van der Waals surface area contributed by atoms with E-state index in [4.69, 9.17) is 30.0 Å². The summed E-state index contributed by atoms with van der Waals surface area (Å²) in [4.78, 5) is 27.2. The molecule has 2 rings (SSSR count). The Balaban J connectivity index is 1.88. The van der Waals surface area contributed by atoms with Gasteiger partial charge in [-0.15, -0.1) is 0 Å². The number of anilines is 1. The minimum absolute atomic E-state index is 0.0630. The fourth-order valence-electron chi connectivity index (χ4n) is 2.27. The highest BCUT2D eigenvalue weighted by atomic mass is 31.2. The second kappa shape index (κ2) is 8.94. The molecule has 27 heavy (non-hydrogen) atoms. The summed E-state index contributed by atoms with van der Waals surface area (Å²) in [6.45, 7) is 4.98. The Morgan fingerprint density at radius 3 is 2.74 bits per heavy atom. The lowest BCUT2D eigenvalue weighted by Crippen LogP contribution is -2.44. The zero-order chi connectivity index (χ0) is 20.2. The highest BCUT2D eigenvalue weighted by molar-refractivity contribution is 7.53. The third-order valence-electron chi connectivity index (χ3n) is 3.68. The lowest BCUT2D eigenvalue weighted by Gasteiger charge is -2.31. The molecule has 1 aromatic rings. The van der Waals surface area contributed by atoms with E-state index in [2.05, 4.69) is 4.98 Å². The second-order valence-electron chi connectivity index (χ2n) is 6.43. The minimum Gasteiger partial charge on any atom is -0.462 e. The first kappa shape index (κ1) is 21.5. The molecular formula is C15H25N4O7P. The van der Waals surface area contributed by atoms with Crippen LogP contribution in [0.15, 0.2) is 17.1 Å². The Morgan fingerprint density at radius 2 is 2.19 bits per heavy atom. The van der Waals surface area contributed by atoms with E-state index in [1.807, 2.05) is 0 Å². The van der Waals surface area contributed by atoms with Crippen molar-refractivity contribution < 1.29 is 27.9 Å². The number of rotatable bonds is 7. The van der Waals surface area contributed by atoms with E-state index in [1.54, 1.807) is 13.8 Å². The molecule has 152 valence electrons. The predicted octanol–water partition coefficient (Wildman–Crippen LogP) is 0.0755. The summed E-state index contributed by atoms with van der Waals surface area (Å²) in [7, 11) is -3.59. The Morgan fingerprint density at radius 1 is 1.48 bits per heavy atom. The molecule has 0 spiro atoms. The van der Waals surface area contributed by atoms with Gasteiger partial charge in [0.15, 0.2) is 0 Å². The SMILES string of the molecule is CC(C)OC(=O)[C@@H](N)[C@@H](C)OP1(=O)CO[C@@H](Cn2ccc(N)nc2=O)CO1. The van der Waals surface area contributed by atoms with Gasteiger partial charge in [-0.3, -0.25) is 13.9 Å². The quantitative estimate of drug-likeness (QED) is 0.471. The first-order chi connectivity index (χ1) is 12.6. The van der Waals surface area contributed by atoms with E-state index in [0.717, 1.165) is 0 Å². The van der Waals surface area contributed by atoms with Crippen molar-refractivity contribution in [3.05, 3.63) is 22.7 Å². The first-order valence-electron chi connectivity index (χ1n) is 8.42. The Kier molecular flexibility index (Phi) is 7.12. The summed E-state index contributed by atoms with van der Waals surface area (Å²) < 4.78 is 35.1. The average molecular weight is 404 g/mol. The van der Waals surface area contributed by atoms with Crippen LogP contribution in [-0.2, 0) is 34.4 Å². The molecule has 4 N–H and O–H groups in total. The van der Waals surface area contributed by atoms with Gasteiger partial charge in [0.05, 0.1) is 25.4 Å². The molecule has 1 saturated heterocycles. The maximum absolute atomic E-state index is 12.6. The van der Waals surface area contributed by atoms with Gasteiger partial charge in [-0.25, -0.2) is 4.79 Å². The third-order valence-corrected chi connectivity index (χ3v) is 5.34. The molecule has 0 amide bonds. The van der Waals surface area contributed by atoms with Crippen molar-refractivity contribution in [3.8, 4) is 0 Å². The van der Waals surface area contributed by atoms with Crippen molar-refractivity contribution in [2.24, 2.45) is 5.73 Å². The van der Waals surface area contributed by atoms with E-state index in [1.165, 1.54) is 23.8 Å². The third kappa shape index (κ3) is 6.12. The predicted molar refractivity (Wildman–Crippen MR) is 96.0 cm³/mol. The zero-order valence-electron chi connectivity index (χ0n) is 15.4. The summed E-state index contributed by atoms with van der Waals surface area (Å²) in [6.07, 6.45) is -0.585. The molecule has 1 unspecified atom stereocenters. The second-order valence-corrected chi connectivity index (χ2v) is 8.38. The van der Waals surface area contributed by atoms with Crippen molar-refractivity contribution in [2.75, 3.05) is 18.7 Å². The molecule has 2 heterocycles. The number of carbonyl (C=O) groups excluding carboxylic acids is 1. The zero-order valence-corrected chi connectivity index (χ0v) is 16.3. The number of hydrogen-bond donors (Lipinski definition) is 2. The smallest absolute Gasteiger partial charge is 0.356 e. The van der Waals surface area contributed by atoms with Crippen LogP contribution in [-0.4, -0.2) is 52.8 Å². The molecule has 1 aliphatic heterocycles. The van der Waals surface area contributed by atoms with Crippen LogP contribution in [0.3, 0.4) is 0 Å². The number of nitrogen functional groups attached to an aromatic ring is 1. The number of ether oxygens (including phenoxy) is 2. The summed E-state index contributed by atoms with van der Waals surface area (Å²) in [6, 6.07) is 0.372. The molecule has 0 saturated carbocycles. The van der Waals surface area contributed by atoms with Crippen LogP contribution in [0.1, 0.15) is 20.8 Å². The van der Waals surface area contributed by atoms with Gasteiger partial charge in [-0.2, -0.15) is 4.98 Å². The molecule has 1 aliphatic rings. The summed E-state index contributed by atoms with van der Waals surface area (Å²) >= 11 is 0. The van der Waals surface area contributed by atoms with Crippen LogP contribution in [0.2, 0.25) is 0 Å². The fraction of sp³-hybridized carbons (Fsp3) is 0.667. The number of carbonyl (C=O) groups is 1. The van der Waals surface area contributed by atoms with Crippen molar-refractivity contribution in [2.45, 2.75) is 51.7 Å². The number of nitrogens with zero attached hydrogens (tertiary/aromatic N) is 2. The van der Waals surface area contributed by atoms with Crippen LogP contribution in [0.25, 0.3) is 0 Å². The summed E-state index contributed by atoms with van der Waals surface area (Å²) in [5.41, 5.74) is 10.7. The van der Waals surface area contributed by atoms with Gasteiger partial charge in [-0.05, 0) is 26.8 Å². The Bertz CT molecular complexity index is 757. The van der Waals surface area contributed by atoms with Crippen LogP contribution >= 0.6 is 7.60 Å². The molecule has 1 fully saturated rings. The topological polar surface area (TPSA) is 158 Å². The van der Waals surface area contributed by atoms with Crippen molar-refractivity contribution in [1.29, 1.82) is 0 Å². The molecule has 0 radical (unpaired) electrons. The van der Waals surface area contributed by atoms with E-state index in [9.17, 15) is 14.2 Å². The Labute approximate surface area is 156 Å². The fourth-order valence-corrected chi connectivity index (χ4v) is 3.89. The molecule has 12 heteroatoms. The maximum Gasteiger partial charge on any atom is 0.356 e. The van der Waals surface area contributed by atoms with Gasteiger partial charge in [0.1, 0.15) is 24.3 Å². The maximum atomic E-state index is 12.6. The number of esters is 1. The highest BCUT2D eigenvalue weighted by Crippen LogP contribution is 2.52. The van der Waals surface area contributed by atoms with Gasteiger partial charge < -0.3 is 30.0 Å². The number of hydrogen-bond acceptors (Lipinski definition) is 10. The monoisotopic (exact) mass is 404 g/mol. The molecule has 4 atom stereocenters. The normalized spacial score (nSPS) is 25.1. The molecule has 0 bridgehead atoms. The molecular weight excluding hydrogens is 379 g/mol. The van der Waals surface area contributed by atoms with Crippen molar-refractivity contribution >= 4 is 19.4 Å². The van der Waals surface area contributed by atoms with Crippen molar-refractivity contribution in [1.82, 2.24) is 9.55 Å². The Hall–Kier alpha value is -1.78. The average Bonchev–Trinajstić information content (AvgIpc) is 2.58. The molecule has 0 aromatic carbocycles. The van der Waals surface area contributed by atoms with E-state index < -0.39 is 37.5 Å². The lowest BCUT2D eigenvalue weighted by atomic mass is 10.2. The molecule has 1 aromatic heterocycles. The van der Waals surface area contributed by atoms with Crippen LogP contribution in [0.5, 0.6) is 0 Å². The molecule has 0 aliphatic carbocycles. The van der Waals surface area contributed by atoms with Gasteiger partial charge in [0, 0.05) is 6.20 Å². The minimum atomic E-state index is -3.59. The summed E-state index contributed by atoms with van der Waals surface area (Å²) in [5, 5.41) is 0. The number of nitrogens with two attached hydrogens (primary N) is 2. The summed E-state index contributed by atoms with van der Waals surface area (Å²) in [5.74, 6) is -0.536. The number of aromatic nitrogens is 2. The highest BCUT2D eigenvalue weighted by Gasteiger charge is 2.38. The van der Waals surface area contributed by atoms with Gasteiger partial charge in [0.25, 0.3) is 0 Å². The van der Waals surface area contributed by atoms with Gasteiger partial charge in [-0.1, -0.05) is 0 Å². The first-order valence-corrected chi connectivity index (χ1v) is 10.1. The largest absolute Gasteiger partial charge is 0.462 e. The van der Waals surface area contributed by atoms with E-state index in [0.29, 0.717) is 0 Å². The van der Waals surface area contributed by atoms with Gasteiger partial charge in [0.2, 0.25) is 0 Å². The lowest BCUT2D eigenvalue weighted by molar-refractivity contribution is -0.151. The van der Waals surface area contributed by atoms with Crippen LogP contribution < -0.4 is 17.2 Å². The van der Waals surface area contributed by atoms with E-state index >= 15 is 0 Å². The van der Waals surface area contributed by atoms with Crippen molar-refractivity contribution in [3.63, 3.8) is 0 Å². The van der Waals surface area contributed by atoms with Crippen LogP contribution in [0, 0.1) is 0 Å².